The molecule has 1 aromatic carbocycles. The average Bonchev–Trinajstić information content (AvgIpc) is 2.02. The van der Waals surface area contributed by atoms with Crippen LogP contribution >= 0.6 is 11.6 Å². The molecule has 5 heteroatoms. The summed E-state index contributed by atoms with van der Waals surface area (Å²) in [5, 5.41) is 9.30. The van der Waals surface area contributed by atoms with Crippen LogP contribution in [0.25, 0.3) is 0 Å². The Kier molecular flexibility index (Phi) is 2.83. The van der Waals surface area contributed by atoms with Crippen LogP contribution in [0.4, 0.5) is 0 Å². The molecule has 0 aliphatic rings. The number of hydrogen-bond acceptors (Lipinski definition) is 3. The molecule has 0 saturated carbocycles. The third-order valence-corrected chi connectivity index (χ3v) is 3.77. The molecule has 3 nitrogen and oxygen atoms in total. The van der Waals surface area contributed by atoms with E-state index in [1.807, 2.05) is 0 Å². The van der Waals surface area contributed by atoms with Crippen LogP contribution in [0.2, 0.25) is 0 Å². The molecule has 0 saturated heterocycles. The number of sulfone groups is 1. The Morgan fingerprint density at radius 2 is 1.92 bits per heavy atom. The number of phenolic OH excluding ortho intramolecular Hbond substituents is 1. The molecule has 0 heterocycles. The van der Waals surface area contributed by atoms with Crippen LogP contribution < -0.4 is 0 Å². The smallest absolute Gasteiger partial charge is 0.168 e. The van der Waals surface area contributed by atoms with Gasteiger partial charge in [-0.1, -0.05) is 18.2 Å². The molecule has 0 aromatic heterocycles. The van der Waals surface area contributed by atoms with Crippen LogP contribution in [0.1, 0.15) is 10.3 Å². The normalized spacial score (nSPS) is 14.0. The van der Waals surface area contributed by atoms with Gasteiger partial charge in [0, 0.05) is 11.8 Å². The largest absolute Gasteiger partial charge is 0.508 e. The Morgan fingerprint density at radius 3 is 2.38 bits per heavy atom. The quantitative estimate of drug-likeness (QED) is 0.772. The third-order valence-electron chi connectivity index (χ3n) is 1.56. The van der Waals surface area contributed by atoms with Gasteiger partial charge in [-0.05, 0) is 6.07 Å². The van der Waals surface area contributed by atoms with Gasteiger partial charge in [0.1, 0.15) is 5.75 Å². The second-order valence-electron chi connectivity index (χ2n) is 2.70. The van der Waals surface area contributed by atoms with Gasteiger partial charge in [-0.25, -0.2) is 8.42 Å². The summed E-state index contributed by atoms with van der Waals surface area (Å²) in [6.45, 7) is 0. The first-order valence-corrected chi connectivity index (χ1v) is 5.93. The lowest BCUT2D eigenvalue weighted by molar-refractivity contribution is 0.469. The molecule has 1 atom stereocenters. The van der Waals surface area contributed by atoms with Crippen molar-refractivity contribution in [2.75, 3.05) is 6.26 Å². The van der Waals surface area contributed by atoms with Gasteiger partial charge in [-0.15, -0.1) is 11.6 Å². The molecule has 13 heavy (non-hydrogen) atoms. The molecule has 0 radical (unpaired) electrons. The molecule has 0 bridgehead atoms. The summed E-state index contributed by atoms with van der Waals surface area (Å²) in [5.74, 6) is -0.104. The van der Waals surface area contributed by atoms with Crippen molar-refractivity contribution in [3.8, 4) is 5.75 Å². The second-order valence-corrected chi connectivity index (χ2v) is 5.53. The maximum atomic E-state index is 11.0. The van der Waals surface area contributed by atoms with E-state index in [-0.39, 0.29) is 11.3 Å². The first-order chi connectivity index (χ1) is 5.93. The Balaban J connectivity index is 3.17. The van der Waals surface area contributed by atoms with Gasteiger partial charge in [-0.3, -0.25) is 0 Å². The van der Waals surface area contributed by atoms with Gasteiger partial charge in [0.25, 0.3) is 0 Å². The van der Waals surface area contributed by atoms with Crippen LogP contribution in [-0.4, -0.2) is 19.8 Å². The number of aromatic hydroxyl groups is 1. The fourth-order valence-corrected chi connectivity index (χ4v) is 1.76. The predicted octanol–water partition coefficient (Wildman–Crippen LogP) is 1.67. The predicted molar refractivity (Wildman–Crippen MR) is 51.5 cm³/mol. The minimum atomic E-state index is -3.37. The molecule has 0 fully saturated rings. The highest BCUT2D eigenvalue weighted by Gasteiger charge is 2.22. The Hall–Kier alpha value is -0.740. The average molecular weight is 221 g/mol. The zero-order valence-corrected chi connectivity index (χ0v) is 8.51. The number of phenols is 1. The maximum Gasteiger partial charge on any atom is 0.168 e. The minimum Gasteiger partial charge on any atom is -0.508 e. The van der Waals surface area contributed by atoms with Crippen molar-refractivity contribution in [3.05, 3.63) is 29.8 Å². The summed E-state index contributed by atoms with van der Waals surface area (Å²) < 4.78 is 20.9. The Bertz CT molecular complexity index is 400. The van der Waals surface area contributed by atoms with E-state index in [2.05, 4.69) is 0 Å². The van der Waals surface area contributed by atoms with Gasteiger partial charge < -0.3 is 5.11 Å². The van der Waals surface area contributed by atoms with Gasteiger partial charge in [0.15, 0.2) is 14.5 Å². The van der Waals surface area contributed by atoms with Crippen molar-refractivity contribution in [2.24, 2.45) is 0 Å². The number of alkyl halides is 1. The summed E-state index contributed by atoms with van der Waals surface area (Å²) in [4.78, 5) is 0. The van der Waals surface area contributed by atoms with Crippen molar-refractivity contribution in [3.63, 3.8) is 0 Å². The highest BCUT2D eigenvalue weighted by molar-refractivity contribution is 7.92. The van der Waals surface area contributed by atoms with E-state index in [1.165, 1.54) is 12.1 Å². The van der Waals surface area contributed by atoms with Gasteiger partial charge >= 0.3 is 0 Å². The standard InChI is InChI=1S/C8H9ClO3S/c1-13(11,12)8(9)6-4-2-3-5-7(6)10/h2-5,8,10H,1H3. The third kappa shape index (κ3) is 2.35. The van der Waals surface area contributed by atoms with E-state index in [9.17, 15) is 13.5 Å². The van der Waals surface area contributed by atoms with E-state index in [4.69, 9.17) is 11.6 Å². The summed E-state index contributed by atoms with van der Waals surface area (Å²) in [6.07, 6.45) is 1.02. The molecule has 1 unspecified atom stereocenters. The van der Waals surface area contributed by atoms with E-state index in [0.29, 0.717) is 0 Å². The highest BCUT2D eigenvalue weighted by Crippen LogP contribution is 2.32. The lowest BCUT2D eigenvalue weighted by atomic mass is 10.2. The van der Waals surface area contributed by atoms with Gasteiger partial charge in [0.2, 0.25) is 0 Å². The van der Waals surface area contributed by atoms with Crippen LogP contribution in [0.5, 0.6) is 5.75 Å². The Morgan fingerprint density at radius 1 is 1.38 bits per heavy atom. The Labute approximate surface area is 81.9 Å². The van der Waals surface area contributed by atoms with Gasteiger partial charge in [-0.2, -0.15) is 0 Å². The minimum absolute atomic E-state index is 0.104. The first kappa shape index (κ1) is 10.3. The van der Waals surface area contributed by atoms with Crippen LogP contribution in [0.3, 0.4) is 0 Å². The molecule has 0 aliphatic heterocycles. The number of halogens is 1. The zero-order chi connectivity index (χ0) is 10.1. The number of hydrogen-bond donors (Lipinski definition) is 1. The second kappa shape index (κ2) is 3.55. The van der Waals surface area contributed by atoms with E-state index < -0.39 is 14.5 Å². The number of rotatable bonds is 2. The van der Waals surface area contributed by atoms with Crippen molar-refractivity contribution in [1.29, 1.82) is 0 Å². The summed E-state index contributed by atoms with van der Waals surface area (Å²) >= 11 is 5.64. The molecular weight excluding hydrogens is 212 g/mol. The molecule has 1 N–H and O–H groups in total. The van der Waals surface area contributed by atoms with Crippen LogP contribution in [0, 0.1) is 0 Å². The molecule has 72 valence electrons. The molecule has 1 rings (SSSR count). The molecule has 0 aliphatic carbocycles. The maximum absolute atomic E-state index is 11.0. The van der Waals surface area contributed by atoms with E-state index in [0.717, 1.165) is 6.26 Å². The summed E-state index contributed by atoms with van der Waals surface area (Å²) in [7, 11) is -3.37. The SMILES string of the molecule is CS(=O)(=O)C(Cl)c1ccccc1O. The lowest BCUT2D eigenvalue weighted by Gasteiger charge is -2.08. The molecule has 1 aromatic rings. The summed E-state index contributed by atoms with van der Waals surface area (Å²) in [6, 6.07) is 6.10. The van der Waals surface area contributed by atoms with Crippen molar-refractivity contribution >= 4 is 21.4 Å². The number of benzene rings is 1. The molecular formula is C8H9ClO3S. The first-order valence-electron chi connectivity index (χ1n) is 3.54. The molecule has 0 amide bonds. The lowest BCUT2D eigenvalue weighted by Crippen LogP contribution is -2.05. The van der Waals surface area contributed by atoms with Crippen molar-refractivity contribution in [2.45, 2.75) is 4.71 Å². The van der Waals surface area contributed by atoms with Crippen molar-refractivity contribution in [1.82, 2.24) is 0 Å². The monoisotopic (exact) mass is 220 g/mol. The van der Waals surface area contributed by atoms with Crippen LogP contribution in [0.15, 0.2) is 24.3 Å². The van der Waals surface area contributed by atoms with E-state index in [1.54, 1.807) is 12.1 Å². The topological polar surface area (TPSA) is 54.4 Å². The fraction of sp³-hybridized carbons (Fsp3) is 0.250. The fourth-order valence-electron chi connectivity index (χ4n) is 0.910. The summed E-state index contributed by atoms with van der Waals surface area (Å²) in [5.41, 5.74) is 0.215. The van der Waals surface area contributed by atoms with Crippen LogP contribution in [-0.2, 0) is 9.84 Å². The van der Waals surface area contributed by atoms with Crippen molar-refractivity contribution < 1.29 is 13.5 Å². The highest BCUT2D eigenvalue weighted by atomic mass is 35.5. The zero-order valence-electron chi connectivity index (χ0n) is 6.94. The number of para-hydroxylation sites is 1. The van der Waals surface area contributed by atoms with Gasteiger partial charge in [0.05, 0.1) is 0 Å². The van der Waals surface area contributed by atoms with E-state index >= 15 is 0 Å². The molecule has 0 spiro atoms.